The largest absolute Gasteiger partial charge is 0.497 e. The fourth-order valence-electron chi connectivity index (χ4n) is 1.51. The summed E-state index contributed by atoms with van der Waals surface area (Å²) in [4.78, 5) is 12.1. The second kappa shape index (κ2) is 7.40. The molecular formula is C14H22N2O3S. The van der Waals surface area contributed by atoms with Gasteiger partial charge in [-0.25, -0.2) is 0 Å². The number of nitrogens with one attached hydrogen (secondary N) is 1. The first-order valence-electron chi connectivity index (χ1n) is 6.43. The van der Waals surface area contributed by atoms with E-state index in [-0.39, 0.29) is 16.4 Å². The van der Waals surface area contributed by atoms with E-state index >= 15 is 0 Å². The van der Waals surface area contributed by atoms with Crippen LogP contribution in [0.2, 0.25) is 0 Å². The molecule has 0 radical (unpaired) electrons. The first-order chi connectivity index (χ1) is 9.35. The Morgan fingerprint density at radius 3 is 2.55 bits per heavy atom. The first kappa shape index (κ1) is 16.7. The number of methoxy groups -OCH3 is 1. The van der Waals surface area contributed by atoms with Crippen molar-refractivity contribution in [2.24, 2.45) is 0 Å². The third-order valence-electron chi connectivity index (χ3n) is 2.98. The van der Waals surface area contributed by atoms with Crippen LogP contribution in [0.15, 0.2) is 18.2 Å². The summed E-state index contributed by atoms with van der Waals surface area (Å²) >= 11 is 1.42. The monoisotopic (exact) mass is 298 g/mol. The van der Waals surface area contributed by atoms with Crippen molar-refractivity contribution in [2.45, 2.75) is 37.4 Å². The summed E-state index contributed by atoms with van der Waals surface area (Å²) in [7, 11) is 1.56. The van der Waals surface area contributed by atoms with Crippen molar-refractivity contribution in [1.29, 1.82) is 0 Å². The molecule has 20 heavy (non-hydrogen) atoms. The van der Waals surface area contributed by atoms with Crippen molar-refractivity contribution in [2.75, 3.05) is 18.2 Å². The second-order valence-corrected chi connectivity index (χ2v) is 6.39. The lowest BCUT2D eigenvalue weighted by Crippen LogP contribution is -2.27. The van der Waals surface area contributed by atoms with Crippen LogP contribution in [0.3, 0.4) is 0 Å². The summed E-state index contributed by atoms with van der Waals surface area (Å²) in [6.45, 7) is 5.41. The van der Waals surface area contributed by atoms with Gasteiger partial charge in [-0.2, -0.15) is 0 Å². The SMILES string of the molecule is COc1ccc(NC(=O)C(C)SC(C)C(C)O)c(N)c1. The number of nitrogen functional groups attached to an aromatic ring is 1. The van der Waals surface area contributed by atoms with E-state index in [2.05, 4.69) is 5.32 Å². The predicted octanol–water partition coefficient (Wildman–Crippen LogP) is 2.11. The lowest BCUT2D eigenvalue weighted by atomic mass is 10.2. The van der Waals surface area contributed by atoms with E-state index in [1.807, 2.05) is 6.92 Å². The van der Waals surface area contributed by atoms with Crippen LogP contribution in [0.5, 0.6) is 5.75 Å². The zero-order valence-corrected chi connectivity index (χ0v) is 13.0. The number of hydrogen-bond acceptors (Lipinski definition) is 5. The first-order valence-corrected chi connectivity index (χ1v) is 7.37. The van der Waals surface area contributed by atoms with Gasteiger partial charge in [-0.3, -0.25) is 4.79 Å². The molecule has 0 aromatic heterocycles. The molecule has 3 atom stereocenters. The summed E-state index contributed by atoms with van der Waals surface area (Å²) in [5, 5.41) is 12.0. The van der Waals surface area contributed by atoms with E-state index in [0.29, 0.717) is 17.1 Å². The van der Waals surface area contributed by atoms with Crippen molar-refractivity contribution in [1.82, 2.24) is 0 Å². The molecule has 0 aliphatic heterocycles. The van der Waals surface area contributed by atoms with Gasteiger partial charge in [-0.15, -0.1) is 11.8 Å². The van der Waals surface area contributed by atoms with Crippen molar-refractivity contribution < 1.29 is 14.6 Å². The van der Waals surface area contributed by atoms with E-state index in [0.717, 1.165) is 0 Å². The molecule has 5 nitrogen and oxygen atoms in total. The molecule has 1 aromatic carbocycles. The van der Waals surface area contributed by atoms with Crippen LogP contribution >= 0.6 is 11.8 Å². The molecule has 4 N–H and O–H groups in total. The molecule has 0 saturated carbocycles. The minimum atomic E-state index is -0.457. The fraction of sp³-hybridized carbons (Fsp3) is 0.500. The Bertz CT molecular complexity index is 466. The highest BCUT2D eigenvalue weighted by atomic mass is 32.2. The van der Waals surface area contributed by atoms with Gasteiger partial charge in [0.15, 0.2) is 0 Å². The number of benzene rings is 1. The third-order valence-corrected chi connectivity index (χ3v) is 4.43. The number of aliphatic hydroxyl groups is 1. The van der Waals surface area contributed by atoms with E-state index in [9.17, 15) is 9.90 Å². The maximum absolute atomic E-state index is 12.1. The Labute approximate surface area is 123 Å². The van der Waals surface area contributed by atoms with Crippen molar-refractivity contribution in [3.8, 4) is 5.75 Å². The van der Waals surface area contributed by atoms with Gasteiger partial charge < -0.3 is 20.9 Å². The van der Waals surface area contributed by atoms with Crippen molar-refractivity contribution in [3.63, 3.8) is 0 Å². The zero-order chi connectivity index (χ0) is 15.3. The molecule has 112 valence electrons. The normalized spacial score (nSPS) is 15.2. The molecule has 6 heteroatoms. The molecule has 1 amide bonds. The van der Waals surface area contributed by atoms with Crippen LogP contribution in [0.25, 0.3) is 0 Å². The summed E-state index contributed by atoms with van der Waals surface area (Å²) in [6.07, 6.45) is -0.457. The molecule has 1 aromatic rings. The average Bonchev–Trinajstić information content (AvgIpc) is 2.40. The standard InChI is InChI=1S/C14H22N2O3S/c1-8(17)9(2)20-10(3)14(18)16-13-6-5-11(19-4)7-12(13)15/h5-10,17H,15H2,1-4H3,(H,16,18). The van der Waals surface area contributed by atoms with Crippen molar-refractivity contribution in [3.05, 3.63) is 18.2 Å². The van der Waals surface area contributed by atoms with Gasteiger partial charge in [0.1, 0.15) is 5.75 Å². The van der Waals surface area contributed by atoms with Gasteiger partial charge in [-0.05, 0) is 26.0 Å². The smallest absolute Gasteiger partial charge is 0.237 e. The van der Waals surface area contributed by atoms with Crippen LogP contribution in [0.1, 0.15) is 20.8 Å². The minimum Gasteiger partial charge on any atom is -0.497 e. The number of nitrogens with two attached hydrogens (primary N) is 1. The number of amides is 1. The summed E-state index contributed by atoms with van der Waals surface area (Å²) in [5.74, 6) is 0.505. The van der Waals surface area contributed by atoms with E-state index < -0.39 is 6.10 Å². The van der Waals surface area contributed by atoms with Gasteiger partial charge >= 0.3 is 0 Å². The molecule has 0 heterocycles. The molecule has 0 spiro atoms. The van der Waals surface area contributed by atoms with Gasteiger partial charge in [-0.1, -0.05) is 6.92 Å². The molecular weight excluding hydrogens is 276 g/mol. The average molecular weight is 298 g/mol. The second-order valence-electron chi connectivity index (χ2n) is 4.67. The molecule has 0 bridgehead atoms. The summed E-state index contributed by atoms with van der Waals surface area (Å²) in [5.41, 5.74) is 6.87. The number of carbonyl (C=O) groups excluding carboxylic acids is 1. The lowest BCUT2D eigenvalue weighted by Gasteiger charge is -2.19. The topological polar surface area (TPSA) is 84.6 Å². The Balaban J connectivity index is 2.66. The summed E-state index contributed by atoms with van der Waals surface area (Å²) in [6, 6.07) is 5.11. The maximum atomic E-state index is 12.1. The highest BCUT2D eigenvalue weighted by Crippen LogP contribution is 2.26. The van der Waals surface area contributed by atoms with Crippen LogP contribution < -0.4 is 15.8 Å². The zero-order valence-electron chi connectivity index (χ0n) is 12.2. The molecule has 0 aliphatic carbocycles. The maximum Gasteiger partial charge on any atom is 0.237 e. The number of thioether (sulfide) groups is 1. The third kappa shape index (κ3) is 4.61. The Hall–Kier alpha value is -1.40. The lowest BCUT2D eigenvalue weighted by molar-refractivity contribution is -0.115. The van der Waals surface area contributed by atoms with Crippen LogP contribution in [-0.4, -0.2) is 34.7 Å². The predicted molar refractivity (Wildman–Crippen MR) is 84.2 cm³/mol. The number of rotatable bonds is 6. The highest BCUT2D eigenvalue weighted by Gasteiger charge is 2.20. The summed E-state index contributed by atoms with van der Waals surface area (Å²) < 4.78 is 5.06. The quantitative estimate of drug-likeness (QED) is 0.700. The van der Waals surface area contributed by atoms with E-state index in [1.165, 1.54) is 11.8 Å². The molecule has 1 rings (SSSR count). The number of carbonyl (C=O) groups is 1. The van der Waals surface area contributed by atoms with E-state index in [4.69, 9.17) is 10.5 Å². The van der Waals surface area contributed by atoms with Crippen LogP contribution in [-0.2, 0) is 4.79 Å². The van der Waals surface area contributed by atoms with Gasteiger partial charge in [0.2, 0.25) is 5.91 Å². The fourth-order valence-corrected chi connectivity index (χ4v) is 2.57. The van der Waals surface area contributed by atoms with Gasteiger partial charge in [0.05, 0.1) is 29.8 Å². The molecule has 0 fully saturated rings. The highest BCUT2D eigenvalue weighted by molar-refractivity contribution is 8.01. The van der Waals surface area contributed by atoms with E-state index in [1.54, 1.807) is 39.2 Å². The minimum absolute atomic E-state index is 0.0102. The number of aliphatic hydroxyl groups excluding tert-OH is 1. The van der Waals surface area contributed by atoms with Gasteiger partial charge in [0.25, 0.3) is 0 Å². The number of anilines is 2. The molecule has 3 unspecified atom stereocenters. The molecule has 0 aliphatic rings. The van der Waals surface area contributed by atoms with Crippen LogP contribution in [0.4, 0.5) is 11.4 Å². The van der Waals surface area contributed by atoms with Crippen molar-refractivity contribution >= 4 is 29.0 Å². The Morgan fingerprint density at radius 1 is 1.40 bits per heavy atom. The molecule has 0 saturated heterocycles. The van der Waals surface area contributed by atoms with Crippen LogP contribution in [0, 0.1) is 0 Å². The number of hydrogen-bond donors (Lipinski definition) is 3. The van der Waals surface area contributed by atoms with Gasteiger partial charge in [0, 0.05) is 11.3 Å². The Morgan fingerprint density at radius 2 is 2.05 bits per heavy atom. The number of ether oxygens (including phenoxy) is 1. The Kier molecular flexibility index (Phi) is 6.16.